The third-order valence-electron chi connectivity index (χ3n) is 1.81. The number of hydrogen-bond acceptors (Lipinski definition) is 0. The van der Waals surface area contributed by atoms with Crippen molar-refractivity contribution in [3.05, 3.63) is 28.3 Å². The lowest BCUT2D eigenvalue weighted by Gasteiger charge is -2.20. The van der Waals surface area contributed by atoms with Crippen molar-refractivity contribution in [1.82, 2.24) is 0 Å². The standard InChI is InChI=1S/C8H8BClF3/c1-5-3-6(2)8(7(10)4-5)9(11,12)13/h3-4H,1-2H3/q-1. The highest BCUT2D eigenvalue weighted by Gasteiger charge is 2.29. The van der Waals surface area contributed by atoms with E-state index < -0.39 is 12.4 Å². The molecule has 0 bridgehead atoms. The third-order valence-corrected chi connectivity index (χ3v) is 2.12. The van der Waals surface area contributed by atoms with Gasteiger partial charge in [0, 0.05) is 5.02 Å². The van der Waals surface area contributed by atoms with Gasteiger partial charge in [-0.15, -0.1) is 0 Å². The van der Waals surface area contributed by atoms with Crippen LogP contribution >= 0.6 is 11.6 Å². The molecule has 0 heterocycles. The minimum Gasteiger partial charge on any atom is -0.445 e. The molecule has 1 aromatic rings. The summed E-state index contributed by atoms with van der Waals surface area (Å²) in [6.45, 7) is -1.87. The molecule has 0 fully saturated rings. The molecular formula is C8H8BClF3-. The fourth-order valence-corrected chi connectivity index (χ4v) is 1.79. The molecule has 0 nitrogen and oxygen atoms in total. The van der Waals surface area contributed by atoms with E-state index in [0.29, 0.717) is 0 Å². The minimum absolute atomic E-state index is 0.192. The van der Waals surface area contributed by atoms with Crippen molar-refractivity contribution in [3.63, 3.8) is 0 Å². The maximum atomic E-state index is 12.4. The van der Waals surface area contributed by atoms with Gasteiger partial charge < -0.3 is 12.9 Å². The maximum Gasteiger partial charge on any atom is 0.511 e. The van der Waals surface area contributed by atoms with E-state index in [2.05, 4.69) is 0 Å². The van der Waals surface area contributed by atoms with Gasteiger partial charge in [-0.25, -0.2) is 0 Å². The van der Waals surface area contributed by atoms with Crippen LogP contribution in [-0.2, 0) is 0 Å². The summed E-state index contributed by atoms with van der Waals surface area (Å²) in [7, 11) is 0. The van der Waals surface area contributed by atoms with Gasteiger partial charge in [-0.3, -0.25) is 0 Å². The van der Waals surface area contributed by atoms with E-state index in [9.17, 15) is 12.9 Å². The van der Waals surface area contributed by atoms with E-state index in [1.54, 1.807) is 6.92 Å². The summed E-state index contributed by atoms with van der Waals surface area (Å²) in [5, 5.41) is -0.204. The van der Waals surface area contributed by atoms with Gasteiger partial charge in [-0.05, 0) is 25.5 Å². The summed E-state index contributed by atoms with van der Waals surface area (Å²) in [5.74, 6) is 0. The Hall–Kier alpha value is -0.635. The van der Waals surface area contributed by atoms with E-state index in [0.717, 1.165) is 5.56 Å². The predicted molar refractivity (Wildman–Crippen MR) is 49.6 cm³/mol. The van der Waals surface area contributed by atoms with Gasteiger partial charge in [0.25, 0.3) is 0 Å². The summed E-state index contributed by atoms with van der Waals surface area (Å²) >= 11 is 5.52. The smallest absolute Gasteiger partial charge is 0.445 e. The van der Waals surface area contributed by atoms with Gasteiger partial charge in [0.2, 0.25) is 0 Å². The van der Waals surface area contributed by atoms with Crippen LogP contribution in [0.4, 0.5) is 12.9 Å². The molecule has 5 heteroatoms. The van der Waals surface area contributed by atoms with E-state index in [4.69, 9.17) is 11.6 Å². The van der Waals surface area contributed by atoms with Crippen LogP contribution in [0.3, 0.4) is 0 Å². The molecule has 0 aliphatic rings. The first-order valence-electron chi connectivity index (χ1n) is 3.79. The molecule has 0 saturated carbocycles. The average Bonchev–Trinajstić information content (AvgIpc) is 1.78. The molecule has 0 aromatic heterocycles. The Morgan fingerprint density at radius 3 is 2.08 bits per heavy atom. The molecule has 0 aliphatic heterocycles. The summed E-state index contributed by atoms with van der Waals surface area (Å²) in [6.07, 6.45) is 0. The van der Waals surface area contributed by atoms with E-state index in [1.807, 2.05) is 0 Å². The second kappa shape index (κ2) is 3.26. The molecule has 0 amide bonds. The van der Waals surface area contributed by atoms with Crippen molar-refractivity contribution in [3.8, 4) is 0 Å². The molecule has 0 unspecified atom stereocenters. The first-order chi connectivity index (χ1) is 5.82. The number of hydrogen-bond donors (Lipinski definition) is 0. The zero-order valence-corrected chi connectivity index (χ0v) is 8.00. The van der Waals surface area contributed by atoms with Gasteiger partial charge in [-0.2, -0.15) is 0 Å². The molecule has 0 saturated heterocycles. The van der Waals surface area contributed by atoms with Crippen molar-refractivity contribution in [2.75, 3.05) is 0 Å². The largest absolute Gasteiger partial charge is 0.511 e. The lowest BCUT2D eigenvalue weighted by Crippen LogP contribution is -2.37. The second-order valence-electron chi connectivity index (χ2n) is 3.05. The van der Waals surface area contributed by atoms with Crippen molar-refractivity contribution >= 4 is 24.0 Å². The average molecular weight is 207 g/mol. The molecule has 0 aliphatic carbocycles. The predicted octanol–water partition coefficient (Wildman–Crippen LogP) is 3.01. The molecule has 0 radical (unpaired) electrons. The molecule has 13 heavy (non-hydrogen) atoms. The molecule has 0 N–H and O–H groups in total. The molecule has 1 aromatic carbocycles. The summed E-state index contributed by atoms with van der Waals surface area (Å²) < 4.78 is 37.3. The van der Waals surface area contributed by atoms with Crippen LogP contribution < -0.4 is 5.46 Å². The lowest BCUT2D eigenvalue weighted by molar-refractivity contribution is 0.500. The Labute approximate surface area is 79.8 Å². The fraction of sp³-hybridized carbons (Fsp3) is 0.250. The van der Waals surface area contributed by atoms with Crippen LogP contribution in [0.25, 0.3) is 0 Å². The van der Waals surface area contributed by atoms with Crippen LogP contribution in [0.2, 0.25) is 5.02 Å². The summed E-state index contributed by atoms with van der Waals surface area (Å²) in [5.41, 5.74) is 0.260. The van der Waals surface area contributed by atoms with Gasteiger partial charge in [-0.1, -0.05) is 28.7 Å². The van der Waals surface area contributed by atoms with Crippen molar-refractivity contribution in [2.24, 2.45) is 0 Å². The monoisotopic (exact) mass is 207 g/mol. The maximum absolute atomic E-state index is 12.4. The van der Waals surface area contributed by atoms with Crippen LogP contribution in [0, 0.1) is 13.8 Å². The van der Waals surface area contributed by atoms with Crippen molar-refractivity contribution < 1.29 is 12.9 Å². The van der Waals surface area contributed by atoms with Crippen LogP contribution in [-0.4, -0.2) is 6.98 Å². The fourth-order valence-electron chi connectivity index (χ4n) is 1.34. The Morgan fingerprint density at radius 1 is 1.15 bits per heavy atom. The normalized spacial score (nSPS) is 11.8. The van der Waals surface area contributed by atoms with Crippen LogP contribution in [0.15, 0.2) is 12.1 Å². The topological polar surface area (TPSA) is 0 Å². The third kappa shape index (κ3) is 2.18. The molecule has 0 atom stereocenters. The Balaban J connectivity index is 3.38. The number of benzene rings is 1. The quantitative estimate of drug-likeness (QED) is 0.621. The van der Waals surface area contributed by atoms with Gasteiger partial charge in [0.15, 0.2) is 0 Å². The second-order valence-corrected chi connectivity index (χ2v) is 3.46. The van der Waals surface area contributed by atoms with Crippen molar-refractivity contribution in [2.45, 2.75) is 13.8 Å². The number of rotatable bonds is 1. The van der Waals surface area contributed by atoms with Gasteiger partial charge in [0.05, 0.1) is 0 Å². The first kappa shape index (κ1) is 10.4. The Morgan fingerprint density at radius 2 is 1.69 bits per heavy atom. The van der Waals surface area contributed by atoms with E-state index >= 15 is 0 Å². The van der Waals surface area contributed by atoms with Crippen molar-refractivity contribution in [1.29, 1.82) is 0 Å². The van der Waals surface area contributed by atoms with Crippen LogP contribution in [0.1, 0.15) is 11.1 Å². The minimum atomic E-state index is -5.00. The van der Waals surface area contributed by atoms with Gasteiger partial charge in [0.1, 0.15) is 0 Å². The highest BCUT2D eigenvalue weighted by Crippen LogP contribution is 2.20. The number of halogens is 4. The van der Waals surface area contributed by atoms with E-state index in [-0.39, 0.29) is 10.6 Å². The molecule has 72 valence electrons. The molecule has 0 spiro atoms. The highest BCUT2D eigenvalue weighted by molar-refractivity contribution is 6.76. The SMILES string of the molecule is Cc1cc(C)c([B-](F)(F)F)c(Cl)c1. The zero-order valence-electron chi connectivity index (χ0n) is 7.24. The zero-order chi connectivity index (χ0) is 10.2. The number of aryl methyl sites for hydroxylation is 2. The lowest BCUT2D eigenvalue weighted by atomic mass is 9.76. The van der Waals surface area contributed by atoms with E-state index in [1.165, 1.54) is 19.1 Å². The summed E-state index contributed by atoms with van der Waals surface area (Å²) in [4.78, 5) is 0. The summed E-state index contributed by atoms with van der Waals surface area (Å²) in [6, 6.07) is 2.82. The van der Waals surface area contributed by atoms with Gasteiger partial charge >= 0.3 is 6.98 Å². The molecular weight excluding hydrogens is 199 g/mol. The highest BCUT2D eigenvalue weighted by atomic mass is 35.5. The Kier molecular flexibility index (Phi) is 2.62. The van der Waals surface area contributed by atoms with Crippen LogP contribution in [0.5, 0.6) is 0 Å². The Bertz CT molecular complexity index is 310. The molecule has 1 rings (SSSR count). The first-order valence-corrected chi connectivity index (χ1v) is 4.16.